The van der Waals surface area contributed by atoms with Crippen LogP contribution in [0, 0.1) is 18.6 Å². The molecule has 0 aliphatic rings. The Morgan fingerprint density at radius 3 is 2.52 bits per heavy atom. The van der Waals surface area contributed by atoms with E-state index >= 15 is 0 Å². The molecule has 114 valence electrons. The lowest BCUT2D eigenvalue weighted by Gasteiger charge is -2.17. The van der Waals surface area contributed by atoms with Crippen molar-refractivity contribution in [3.63, 3.8) is 0 Å². The molecule has 0 aliphatic heterocycles. The van der Waals surface area contributed by atoms with Gasteiger partial charge in [0.1, 0.15) is 16.5 Å². The normalized spacial score (nSPS) is 12.1. The Hall–Kier alpha value is -1.80. The molecule has 0 atom stereocenters. The first-order chi connectivity index (χ1) is 9.71. The second-order valence-electron chi connectivity index (χ2n) is 4.75. The third kappa shape index (κ3) is 3.11. The lowest BCUT2D eigenvalue weighted by atomic mass is 10.3. The summed E-state index contributed by atoms with van der Waals surface area (Å²) in [6.45, 7) is 1.81. The van der Waals surface area contributed by atoms with Gasteiger partial charge < -0.3 is 0 Å². The van der Waals surface area contributed by atoms with Crippen LogP contribution in [-0.2, 0) is 23.6 Å². The summed E-state index contributed by atoms with van der Waals surface area (Å²) in [5.41, 5.74) is 1.41. The predicted octanol–water partition coefficient (Wildman–Crippen LogP) is 1.83. The van der Waals surface area contributed by atoms with E-state index in [1.54, 1.807) is 24.9 Å². The van der Waals surface area contributed by atoms with E-state index < -0.39 is 26.6 Å². The molecule has 0 saturated carbocycles. The standard InChI is InChI=1S/C13H15F2N3O2S/c1-9-10(7-17(2)16-9)8-18(3)21(19,20)13-5-4-11(14)6-12(13)15/h4-7H,8H2,1-3H3. The fourth-order valence-corrected chi connectivity index (χ4v) is 3.17. The van der Waals surface area contributed by atoms with Gasteiger partial charge in [-0.1, -0.05) is 0 Å². The molecule has 0 N–H and O–H groups in total. The molecule has 1 aromatic heterocycles. The monoisotopic (exact) mass is 315 g/mol. The van der Waals surface area contributed by atoms with Gasteiger partial charge in [-0.2, -0.15) is 9.40 Å². The first-order valence-corrected chi connectivity index (χ1v) is 7.56. The van der Waals surface area contributed by atoms with Gasteiger partial charge in [0.05, 0.1) is 5.69 Å². The van der Waals surface area contributed by atoms with Crippen LogP contribution in [0.5, 0.6) is 0 Å². The number of halogens is 2. The zero-order valence-electron chi connectivity index (χ0n) is 11.8. The number of nitrogens with zero attached hydrogens (tertiary/aromatic N) is 3. The van der Waals surface area contributed by atoms with Gasteiger partial charge in [0.25, 0.3) is 0 Å². The van der Waals surface area contributed by atoms with E-state index in [9.17, 15) is 17.2 Å². The third-order valence-corrected chi connectivity index (χ3v) is 4.93. The van der Waals surface area contributed by atoms with Gasteiger partial charge in [-0.05, 0) is 19.1 Å². The van der Waals surface area contributed by atoms with Gasteiger partial charge in [-0.15, -0.1) is 0 Å². The van der Waals surface area contributed by atoms with Crippen LogP contribution in [0.25, 0.3) is 0 Å². The average molecular weight is 315 g/mol. The molecule has 8 heteroatoms. The summed E-state index contributed by atoms with van der Waals surface area (Å²) in [7, 11) is -0.973. The van der Waals surface area contributed by atoms with Crippen molar-refractivity contribution >= 4 is 10.0 Å². The van der Waals surface area contributed by atoms with Crippen molar-refractivity contribution in [2.75, 3.05) is 7.05 Å². The topological polar surface area (TPSA) is 55.2 Å². The summed E-state index contributed by atoms with van der Waals surface area (Å²) >= 11 is 0. The Balaban J connectivity index is 2.32. The number of benzene rings is 1. The molecule has 0 saturated heterocycles. The molecule has 0 bridgehead atoms. The first kappa shape index (κ1) is 15.6. The minimum atomic E-state index is -4.04. The quantitative estimate of drug-likeness (QED) is 0.865. The Kier molecular flexibility index (Phi) is 4.11. The Bertz CT molecular complexity index is 772. The molecule has 2 rings (SSSR count). The lowest BCUT2D eigenvalue weighted by molar-refractivity contribution is 0.458. The van der Waals surface area contributed by atoms with Crippen molar-refractivity contribution in [3.8, 4) is 0 Å². The highest BCUT2D eigenvalue weighted by atomic mass is 32.2. The molecule has 0 radical (unpaired) electrons. The number of aryl methyl sites for hydroxylation is 2. The Morgan fingerprint density at radius 2 is 2.00 bits per heavy atom. The first-order valence-electron chi connectivity index (χ1n) is 6.12. The largest absolute Gasteiger partial charge is 0.275 e. The van der Waals surface area contributed by atoms with E-state index in [0.29, 0.717) is 17.3 Å². The van der Waals surface area contributed by atoms with Gasteiger partial charge in [-0.3, -0.25) is 4.68 Å². The van der Waals surface area contributed by atoms with E-state index in [0.717, 1.165) is 16.4 Å². The second-order valence-corrected chi connectivity index (χ2v) is 6.76. The Labute approximate surface area is 121 Å². The van der Waals surface area contributed by atoms with Crippen molar-refractivity contribution in [2.45, 2.75) is 18.4 Å². The highest BCUT2D eigenvalue weighted by molar-refractivity contribution is 7.89. The zero-order valence-corrected chi connectivity index (χ0v) is 12.7. The van der Waals surface area contributed by atoms with Gasteiger partial charge in [0, 0.05) is 38.5 Å². The highest BCUT2D eigenvalue weighted by Gasteiger charge is 2.25. The smallest absolute Gasteiger partial charge is 0.246 e. The van der Waals surface area contributed by atoms with Crippen LogP contribution in [0.1, 0.15) is 11.3 Å². The number of sulfonamides is 1. The second kappa shape index (κ2) is 5.53. The number of aromatic nitrogens is 2. The fraction of sp³-hybridized carbons (Fsp3) is 0.308. The van der Waals surface area contributed by atoms with Crippen LogP contribution < -0.4 is 0 Å². The summed E-state index contributed by atoms with van der Waals surface area (Å²) in [5.74, 6) is -1.93. The molecule has 0 unspecified atom stereocenters. The van der Waals surface area contributed by atoms with E-state index in [4.69, 9.17) is 0 Å². The minimum Gasteiger partial charge on any atom is -0.275 e. The maximum atomic E-state index is 13.7. The van der Waals surface area contributed by atoms with Crippen molar-refractivity contribution in [1.29, 1.82) is 0 Å². The summed E-state index contributed by atoms with van der Waals surface area (Å²) in [4.78, 5) is -0.548. The van der Waals surface area contributed by atoms with Crippen LogP contribution >= 0.6 is 0 Å². The number of hydrogen-bond acceptors (Lipinski definition) is 3. The van der Waals surface area contributed by atoms with Crippen LogP contribution in [-0.4, -0.2) is 29.6 Å². The van der Waals surface area contributed by atoms with E-state index in [2.05, 4.69) is 5.10 Å². The number of hydrogen-bond donors (Lipinski definition) is 0. The SMILES string of the molecule is Cc1nn(C)cc1CN(C)S(=O)(=O)c1ccc(F)cc1F. The van der Waals surface area contributed by atoms with Crippen LogP contribution in [0.3, 0.4) is 0 Å². The molecule has 0 fully saturated rings. The van der Waals surface area contributed by atoms with Crippen molar-refractivity contribution < 1.29 is 17.2 Å². The molecule has 21 heavy (non-hydrogen) atoms. The van der Waals surface area contributed by atoms with Crippen molar-refractivity contribution in [1.82, 2.24) is 14.1 Å². The summed E-state index contributed by atoms with van der Waals surface area (Å²) in [5, 5.41) is 4.12. The third-order valence-electron chi connectivity index (χ3n) is 3.09. The molecule has 0 amide bonds. The minimum absolute atomic E-state index is 0.0544. The van der Waals surface area contributed by atoms with Crippen LogP contribution in [0.4, 0.5) is 8.78 Å². The maximum Gasteiger partial charge on any atom is 0.246 e. The fourth-order valence-electron chi connectivity index (χ4n) is 1.98. The summed E-state index contributed by atoms with van der Waals surface area (Å²) in [6.07, 6.45) is 1.70. The molecule has 0 spiro atoms. The van der Waals surface area contributed by atoms with Gasteiger partial charge in [0.15, 0.2) is 0 Å². The van der Waals surface area contributed by atoms with Gasteiger partial charge in [-0.25, -0.2) is 17.2 Å². The number of rotatable bonds is 4. The van der Waals surface area contributed by atoms with Gasteiger partial charge in [0.2, 0.25) is 10.0 Å². The molecule has 1 heterocycles. The zero-order chi connectivity index (χ0) is 15.8. The molecular weight excluding hydrogens is 300 g/mol. The molecule has 2 aromatic rings. The molecule has 5 nitrogen and oxygen atoms in total. The lowest BCUT2D eigenvalue weighted by Crippen LogP contribution is -2.27. The summed E-state index contributed by atoms with van der Waals surface area (Å²) < 4.78 is 53.8. The molecule has 0 aliphatic carbocycles. The van der Waals surface area contributed by atoms with Crippen LogP contribution in [0.15, 0.2) is 29.3 Å². The van der Waals surface area contributed by atoms with E-state index in [-0.39, 0.29) is 6.54 Å². The van der Waals surface area contributed by atoms with Crippen LogP contribution in [0.2, 0.25) is 0 Å². The molecule has 1 aromatic carbocycles. The van der Waals surface area contributed by atoms with E-state index in [1.807, 2.05) is 0 Å². The Morgan fingerprint density at radius 1 is 1.33 bits per heavy atom. The maximum absolute atomic E-state index is 13.7. The van der Waals surface area contributed by atoms with Crippen molar-refractivity contribution in [3.05, 3.63) is 47.3 Å². The van der Waals surface area contributed by atoms with Crippen molar-refractivity contribution in [2.24, 2.45) is 7.05 Å². The highest BCUT2D eigenvalue weighted by Crippen LogP contribution is 2.21. The van der Waals surface area contributed by atoms with Gasteiger partial charge >= 0.3 is 0 Å². The average Bonchev–Trinajstić information content (AvgIpc) is 2.67. The predicted molar refractivity (Wildman–Crippen MR) is 73.0 cm³/mol. The molecular formula is C13H15F2N3O2S. The summed E-state index contributed by atoms with van der Waals surface area (Å²) in [6, 6.07) is 2.39. The van der Waals surface area contributed by atoms with E-state index in [1.165, 1.54) is 7.05 Å².